The number of halogens is 3. The van der Waals surface area contributed by atoms with Crippen molar-refractivity contribution in [3.63, 3.8) is 0 Å². The topological polar surface area (TPSA) is 38.7 Å². The summed E-state index contributed by atoms with van der Waals surface area (Å²) in [5.74, 6) is -0.472. The molecule has 0 spiro atoms. The second kappa shape index (κ2) is 6.18. The zero-order chi connectivity index (χ0) is 13.6. The molecule has 0 saturated heterocycles. The van der Waals surface area contributed by atoms with Crippen molar-refractivity contribution in [2.75, 3.05) is 13.2 Å². The van der Waals surface area contributed by atoms with Gasteiger partial charge in [0, 0.05) is 6.21 Å². The maximum atomic E-state index is 12.3. The van der Waals surface area contributed by atoms with Crippen molar-refractivity contribution in [3.05, 3.63) is 35.4 Å². The third kappa shape index (κ3) is 4.57. The van der Waals surface area contributed by atoms with E-state index in [1.165, 1.54) is 18.3 Å². The van der Waals surface area contributed by atoms with E-state index in [2.05, 4.69) is 9.73 Å². The van der Waals surface area contributed by atoms with Gasteiger partial charge < -0.3 is 4.74 Å². The average molecular weight is 259 g/mol. The molecule has 0 N–H and O–H groups in total. The van der Waals surface area contributed by atoms with Gasteiger partial charge in [-0.05, 0) is 24.6 Å². The van der Waals surface area contributed by atoms with E-state index in [4.69, 9.17) is 0 Å². The van der Waals surface area contributed by atoms with Gasteiger partial charge in [0.25, 0.3) is 0 Å². The molecule has 0 aliphatic rings. The van der Waals surface area contributed by atoms with Crippen LogP contribution in [0.2, 0.25) is 0 Å². The summed E-state index contributed by atoms with van der Waals surface area (Å²) in [5, 5.41) is 0. The number of carbonyl (C=O) groups excluding carboxylic acids is 1. The van der Waals surface area contributed by atoms with Crippen LogP contribution in [0, 0.1) is 0 Å². The highest BCUT2D eigenvalue weighted by Crippen LogP contribution is 2.28. The molecule has 1 rings (SSSR count). The van der Waals surface area contributed by atoms with Crippen LogP contribution in [0.4, 0.5) is 13.2 Å². The molecule has 18 heavy (non-hydrogen) atoms. The highest BCUT2D eigenvalue weighted by molar-refractivity contribution is 5.82. The molecule has 1 aromatic carbocycles. The summed E-state index contributed by atoms with van der Waals surface area (Å²) in [5.41, 5.74) is -0.225. The molecule has 0 bridgehead atoms. The smallest absolute Gasteiger partial charge is 0.416 e. The summed E-state index contributed by atoms with van der Waals surface area (Å²) < 4.78 is 41.4. The number of nitrogens with zero attached hydrogens (tertiary/aromatic N) is 1. The van der Waals surface area contributed by atoms with Crippen LogP contribution < -0.4 is 0 Å². The fourth-order valence-electron chi connectivity index (χ4n) is 1.19. The second-order valence-electron chi connectivity index (χ2n) is 3.39. The molecular weight excluding hydrogens is 247 g/mol. The lowest BCUT2D eigenvalue weighted by Gasteiger charge is -2.05. The molecule has 0 heterocycles. The maximum absolute atomic E-state index is 12.3. The van der Waals surface area contributed by atoms with Crippen LogP contribution in [-0.4, -0.2) is 25.3 Å². The van der Waals surface area contributed by atoms with Crippen molar-refractivity contribution in [2.24, 2.45) is 4.99 Å². The van der Waals surface area contributed by atoms with Gasteiger partial charge in [-0.2, -0.15) is 13.2 Å². The number of hydrogen-bond donors (Lipinski definition) is 0. The molecule has 0 unspecified atom stereocenters. The molecule has 98 valence electrons. The standard InChI is InChI=1S/C12H12F3NO2/c1-2-18-11(17)8-16-7-9-3-5-10(6-4-9)12(13,14)15/h3-7H,2,8H2,1H3/b16-7-. The third-order valence-corrected chi connectivity index (χ3v) is 2.00. The Morgan fingerprint density at radius 3 is 2.44 bits per heavy atom. The Morgan fingerprint density at radius 2 is 1.94 bits per heavy atom. The summed E-state index contributed by atoms with van der Waals surface area (Å²) in [6.45, 7) is 1.81. The third-order valence-electron chi connectivity index (χ3n) is 2.00. The quantitative estimate of drug-likeness (QED) is 0.616. The largest absolute Gasteiger partial charge is 0.465 e. The van der Waals surface area contributed by atoms with Crippen molar-refractivity contribution >= 4 is 12.2 Å². The van der Waals surface area contributed by atoms with Crippen LogP contribution in [0.15, 0.2) is 29.3 Å². The molecule has 3 nitrogen and oxygen atoms in total. The monoisotopic (exact) mass is 259 g/mol. The van der Waals surface area contributed by atoms with Crippen molar-refractivity contribution in [1.29, 1.82) is 0 Å². The number of benzene rings is 1. The number of aliphatic imine (C=N–C) groups is 1. The molecule has 0 saturated carbocycles. The zero-order valence-electron chi connectivity index (χ0n) is 9.70. The fraction of sp³-hybridized carbons (Fsp3) is 0.333. The zero-order valence-corrected chi connectivity index (χ0v) is 9.70. The summed E-state index contributed by atoms with van der Waals surface area (Å²) in [6.07, 6.45) is -3.02. The maximum Gasteiger partial charge on any atom is 0.416 e. The number of hydrogen-bond acceptors (Lipinski definition) is 3. The van der Waals surface area contributed by atoms with Crippen molar-refractivity contribution in [1.82, 2.24) is 0 Å². The second-order valence-corrected chi connectivity index (χ2v) is 3.39. The number of alkyl halides is 3. The van der Waals surface area contributed by atoms with Gasteiger partial charge in [0.1, 0.15) is 6.54 Å². The molecule has 0 fully saturated rings. The molecular formula is C12H12F3NO2. The van der Waals surface area contributed by atoms with Gasteiger partial charge >= 0.3 is 12.1 Å². The molecule has 0 aliphatic heterocycles. The van der Waals surface area contributed by atoms with Crippen LogP contribution in [0.5, 0.6) is 0 Å². The fourth-order valence-corrected chi connectivity index (χ4v) is 1.19. The minimum atomic E-state index is -4.35. The summed E-state index contributed by atoms with van der Waals surface area (Å²) >= 11 is 0. The number of ether oxygens (including phenoxy) is 1. The van der Waals surface area contributed by atoms with Crippen LogP contribution in [0.1, 0.15) is 18.1 Å². The van der Waals surface area contributed by atoms with E-state index in [1.54, 1.807) is 6.92 Å². The molecule has 0 aromatic heterocycles. The van der Waals surface area contributed by atoms with Crippen molar-refractivity contribution in [3.8, 4) is 0 Å². The van der Waals surface area contributed by atoms with Gasteiger partial charge in [0.2, 0.25) is 0 Å². The molecule has 0 radical (unpaired) electrons. The van der Waals surface area contributed by atoms with Gasteiger partial charge in [-0.15, -0.1) is 0 Å². The summed E-state index contributed by atoms with van der Waals surface area (Å²) in [7, 11) is 0. The van der Waals surface area contributed by atoms with E-state index < -0.39 is 17.7 Å². The van der Waals surface area contributed by atoms with E-state index in [-0.39, 0.29) is 13.2 Å². The van der Waals surface area contributed by atoms with E-state index >= 15 is 0 Å². The highest BCUT2D eigenvalue weighted by atomic mass is 19.4. The Hall–Kier alpha value is -1.85. The summed E-state index contributed by atoms with van der Waals surface area (Å²) in [4.78, 5) is 14.7. The van der Waals surface area contributed by atoms with Crippen LogP contribution in [-0.2, 0) is 15.7 Å². The predicted molar refractivity (Wildman–Crippen MR) is 60.5 cm³/mol. The van der Waals surface area contributed by atoms with Crippen molar-refractivity contribution in [2.45, 2.75) is 13.1 Å². The van der Waals surface area contributed by atoms with Crippen LogP contribution >= 0.6 is 0 Å². The highest BCUT2D eigenvalue weighted by Gasteiger charge is 2.29. The van der Waals surface area contributed by atoms with Gasteiger partial charge in [0.05, 0.1) is 12.2 Å². The molecule has 6 heteroatoms. The van der Waals surface area contributed by atoms with Crippen molar-refractivity contribution < 1.29 is 22.7 Å². The summed E-state index contributed by atoms with van der Waals surface area (Å²) in [6, 6.07) is 4.51. The Kier molecular flexibility index (Phi) is 4.88. The molecule has 1 aromatic rings. The van der Waals surface area contributed by atoms with E-state index in [9.17, 15) is 18.0 Å². The van der Waals surface area contributed by atoms with Crippen LogP contribution in [0.3, 0.4) is 0 Å². The molecule has 0 atom stereocenters. The first-order chi connectivity index (χ1) is 8.43. The van der Waals surface area contributed by atoms with Gasteiger partial charge in [-0.25, -0.2) is 0 Å². The van der Waals surface area contributed by atoms with E-state index in [0.29, 0.717) is 5.56 Å². The SMILES string of the molecule is CCOC(=O)C/N=C\c1ccc(C(F)(F)F)cc1. The Labute approximate surface area is 102 Å². The first-order valence-electron chi connectivity index (χ1n) is 5.26. The van der Waals surface area contributed by atoms with Gasteiger partial charge in [0.15, 0.2) is 0 Å². The molecule has 0 aliphatic carbocycles. The molecule has 0 amide bonds. The minimum absolute atomic E-state index is 0.144. The lowest BCUT2D eigenvalue weighted by atomic mass is 10.1. The minimum Gasteiger partial charge on any atom is -0.465 e. The number of rotatable bonds is 4. The van der Waals surface area contributed by atoms with Gasteiger partial charge in [-0.1, -0.05) is 12.1 Å². The Bertz CT molecular complexity index is 424. The Morgan fingerprint density at radius 1 is 1.33 bits per heavy atom. The predicted octanol–water partition coefficient (Wildman–Crippen LogP) is 2.69. The average Bonchev–Trinajstić information content (AvgIpc) is 2.29. The Balaban J connectivity index is 2.59. The normalized spacial score (nSPS) is 11.8. The lowest BCUT2D eigenvalue weighted by Crippen LogP contribution is -2.07. The van der Waals surface area contributed by atoms with Gasteiger partial charge in [-0.3, -0.25) is 9.79 Å². The number of carbonyl (C=O) groups is 1. The lowest BCUT2D eigenvalue weighted by molar-refractivity contribution is -0.141. The van der Waals surface area contributed by atoms with E-state index in [1.807, 2.05) is 0 Å². The first-order valence-corrected chi connectivity index (χ1v) is 5.26. The van der Waals surface area contributed by atoms with Crippen LogP contribution in [0.25, 0.3) is 0 Å². The number of esters is 1. The van der Waals surface area contributed by atoms with E-state index in [0.717, 1.165) is 12.1 Å². The first kappa shape index (κ1) is 14.2.